The van der Waals surface area contributed by atoms with E-state index in [4.69, 9.17) is 10.2 Å². The van der Waals surface area contributed by atoms with Gasteiger partial charge in [-0.15, -0.1) is 0 Å². The molecule has 1 heterocycles. The molecule has 8 heavy (non-hydrogen) atoms. The molecular formula is C5H4NO2. The molecule has 0 aliphatic rings. The lowest BCUT2D eigenvalue weighted by atomic mass is 10.4. The monoisotopic (exact) mass is 110 g/mol. The Bertz CT molecular complexity index is 170. The predicted octanol–water partition coefficient (Wildman–Crippen LogP) is 0.293. The Hall–Kier alpha value is -1.25. The molecule has 0 spiro atoms. The second-order valence-corrected chi connectivity index (χ2v) is 1.28. The molecule has 3 nitrogen and oxygen atoms in total. The maximum atomic E-state index is 8.56. The molecule has 1 aromatic heterocycles. The van der Waals surface area contributed by atoms with Gasteiger partial charge in [0, 0.05) is 6.20 Å². The average Bonchev–Trinajstić information content (AvgIpc) is 1.64. The summed E-state index contributed by atoms with van der Waals surface area (Å²) in [5.41, 5.74) is 0. The molecule has 0 aliphatic carbocycles. The van der Waals surface area contributed by atoms with Crippen LogP contribution >= 0.6 is 0 Å². The van der Waals surface area contributed by atoms with Crippen LogP contribution in [-0.4, -0.2) is 15.2 Å². The highest BCUT2D eigenvalue weighted by atomic mass is 16.3. The summed E-state index contributed by atoms with van der Waals surface area (Å²) in [6.45, 7) is 0. The van der Waals surface area contributed by atoms with E-state index in [1.54, 1.807) is 0 Å². The van der Waals surface area contributed by atoms with Crippen molar-refractivity contribution in [1.82, 2.24) is 4.98 Å². The number of aromatic hydroxyl groups is 2. The van der Waals surface area contributed by atoms with Gasteiger partial charge >= 0.3 is 0 Å². The van der Waals surface area contributed by atoms with Gasteiger partial charge in [0.25, 0.3) is 0 Å². The van der Waals surface area contributed by atoms with E-state index < -0.39 is 0 Å². The van der Waals surface area contributed by atoms with Crippen LogP contribution in [0.5, 0.6) is 11.6 Å². The molecule has 0 saturated carbocycles. The van der Waals surface area contributed by atoms with Crippen molar-refractivity contribution >= 4 is 0 Å². The average molecular weight is 110 g/mol. The van der Waals surface area contributed by atoms with Gasteiger partial charge in [-0.2, -0.15) is 0 Å². The van der Waals surface area contributed by atoms with Crippen molar-refractivity contribution < 1.29 is 10.2 Å². The number of aromatic nitrogens is 1. The van der Waals surface area contributed by atoms with E-state index in [0.29, 0.717) is 0 Å². The van der Waals surface area contributed by atoms with Gasteiger partial charge in [0.1, 0.15) is 5.75 Å². The van der Waals surface area contributed by atoms with Crippen molar-refractivity contribution in [2.75, 3.05) is 0 Å². The zero-order valence-corrected chi connectivity index (χ0v) is 4.00. The summed E-state index contributed by atoms with van der Waals surface area (Å²) in [7, 11) is 0. The van der Waals surface area contributed by atoms with Crippen LogP contribution < -0.4 is 0 Å². The first kappa shape index (κ1) is 4.90. The predicted molar refractivity (Wildman–Crippen MR) is 26.4 cm³/mol. The number of rotatable bonds is 0. The highest BCUT2D eigenvalue weighted by Crippen LogP contribution is 2.09. The Morgan fingerprint density at radius 3 is 2.62 bits per heavy atom. The number of pyridine rings is 1. The lowest BCUT2D eigenvalue weighted by molar-refractivity contribution is 0.433. The van der Waals surface area contributed by atoms with Crippen molar-refractivity contribution in [1.29, 1.82) is 0 Å². The van der Waals surface area contributed by atoms with Crippen LogP contribution in [0.2, 0.25) is 0 Å². The first-order chi connectivity index (χ1) is 3.79. The molecule has 2 N–H and O–H groups in total. The summed E-state index contributed by atoms with van der Waals surface area (Å²) < 4.78 is 0. The van der Waals surface area contributed by atoms with Crippen LogP contribution in [0.15, 0.2) is 12.3 Å². The second kappa shape index (κ2) is 1.69. The summed E-state index contributed by atoms with van der Waals surface area (Å²) in [6.07, 6.45) is 1.29. The molecule has 0 fully saturated rings. The number of hydrogen-bond acceptors (Lipinski definition) is 3. The minimum atomic E-state index is -0.287. The molecule has 0 aliphatic heterocycles. The van der Waals surface area contributed by atoms with Gasteiger partial charge in [-0.1, -0.05) is 0 Å². The molecule has 41 valence electrons. The second-order valence-electron chi connectivity index (χ2n) is 1.28. The normalized spacial score (nSPS) is 9.00. The van der Waals surface area contributed by atoms with Gasteiger partial charge < -0.3 is 10.2 Å². The van der Waals surface area contributed by atoms with Crippen molar-refractivity contribution in [2.45, 2.75) is 0 Å². The minimum Gasteiger partial charge on any atom is -0.507 e. The Morgan fingerprint density at radius 2 is 2.25 bits per heavy atom. The van der Waals surface area contributed by atoms with Crippen molar-refractivity contribution in [3.63, 3.8) is 0 Å². The van der Waals surface area contributed by atoms with E-state index in [-0.39, 0.29) is 11.6 Å². The van der Waals surface area contributed by atoms with Crippen LogP contribution in [0, 0.1) is 6.07 Å². The third kappa shape index (κ3) is 0.872. The van der Waals surface area contributed by atoms with Crippen LogP contribution in [-0.2, 0) is 0 Å². The fourth-order valence-corrected chi connectivity index (χ4v) is 0.367. The fraction of sp³-hybridized carbons (Fsp3) is 0. The molecule has 0 aromatic carbocycles. The molecule has 0 amide bonds. The summed E-state index contributed by atoms with van der Waals surface area (Å²) in [6, 6.07) is 3.50. The first-order valence-electron chi connectivity index (χ1n) is 2.05. The Kier molecular flexibility index (Phi) is 1.04. The van der Waals surface area contributed by atoms with Crippen LogP contribution in [0.1, 0.15) is 0 Å². The largest absolute Gasteiger partial charge is 0.507 e. The molecule has 1 aromatic rings. The maximum Gasteiger partial charge on any atom is 0.222 e. The van der Waals surface area contributed by atoms with Crippen LogP contribution in [0.3, 0.4) is 0 Å². The zero-order valence-electron chi connectivity index (χ0n) is 4.00. The third-order valence-electron chi connectivity index (χ3n) is 0.669. The van der Waals surface area contributed by atoms with Crippen LogP contribution in [0.4, 0.5) is 0 Å². The van der Waals surface area contributed by atoms with Crippen molar-refractivity contribution in [3.8, 4) is 11.6 Å². The molecule has 0 unspecified atom stereocenters. The fourth-order valence-electron chi connectivity index (χ4n) is 0.367. The molecule has 0 bridgehead atoms. The molecule has 3 heteroatoms. The van der Waals surface area contributed by atoms with E-state index in [9.17, 15) is 0 Å². The Balaban J connectivity index is 3.08. The highest BCUT2D eigenvalue weighted by molar-refractivity contribution is 5.20. The Morgan fingerprint density at radius 1 is 1.50 bits per heavy atom. The topological polar surface area (TPSA) is 53.4 Å². The molecule has 1 radical (unpaired) electrons. The van der Waals surface area contributed by atoms with E-state index in [1.807, 2.05) is 0 Å². The van der Waals surface area contributed by atoms with Crippen LogP contribution in [0.25, 0.3) is 0 Å². The lowest BCUT2D eigenvalue weighted by Gasteiger charge is -1.87. The lowest BCUT2D eigenvalue weighted by Crippen LogP contribution is -1.70. The SMILES string of the molecule is Oc1[c]c(O)ncc1. The van der Waals surface area contributed by atoms with Gasteiger partial charge in [0.2, 0.25) is 5.88 Å². The standard InChI is InChI=1S/C5H4NO2/c7-4-1-2-6-5(8)3-4/h1-2H,(H2,6,7,8). The summed E-state index contributed by atoms with van der Waals surface area (Å²) in [4.78, 5) is 3.38. The van der Waals surface area contributed by atoms with E-state index in [0.717, 1.165) is 0 Å². The van der Waals surface area contributed by atoms with Crippen molar-refractivity contribution in [2.24, 2.45) is 0 Å². The van der Waals surface area contributed by atoms with Gasteiger partial charge in [-0.3, -0.25) is 0 Å². The minimum absolute atomic E-state index is 0.0995. The summed E-state index contributed by atoms with van der Waals surface area (Å²) in [5.74, 6) is -0.387. The van der Waals surface area contributed by atoms with Gasteiger partial charge in [0.05, 0.1) is 6.07 Å². The van der Waals surface area contributed by atoms with E-state index in [2.05, 4.69) is 11.1 Å². The van der Waals surface area contributed by atoms with Gasteiger partial charge in [0.15, 0.2) is 0 Å². The summed E-state index contributed by atoms with van der Waals surface area (Å²) in [5, 5.41) is 17.0. The molecule has 0 atom stereocenters. The molecular weight excluding hydrogens is 106 g/mol. The zero-order chi connectivity index (χ0) is 5.98. The quantitative estimate of drug-likeness (QED) is 0.504. The van der Waals surface area contributed by atoms with Gasteiger partial charge in [-0.25, -0.2) is 4.98 Å². The van der Waals surface area contributed by atoms with E-state index >= 15 is 0 Å². The Labute approximate surface area is 46.2 Å². The summed E-state index contributed by atoms with van der Waals surface area (Å²) >= 11 is 0. The molecule has 1 rings (SSSR count). The van der Waals surface area contributed by atoms with Gasteiger partial charge in [-0.05, 0) is 6.07 Å². The van der Waals surface area contributed by atoms with Crippen molar-refractivity contribution in [3.05, 3.63) is 18.3 Å². The van der Waals surface area contributed by atoms with E-state index in [1.165, 1.54) is 12.3 Å². The smallest absolute Gasteiger partial charge is 0.222 e. The third-order valence-corrected chi connectivity index (χ3v) is 0.669. The number of nitrogens with zero attached hydrogens (tertiary/aromatic N) is 1. The molecule has 0 saturated heterocycles. The first-order valence-corrected chi connectivity index (χ1v) is 2.05. The maximum absolute atomic E-state index is 8.56. The number of hydrogen-bond donors (Lipinski definition) is 2. The highest BCUT2D eigenvalue weighted by Gasteiger charge is 1.88.